The molecule has 1 fully saturated rings. The number of aromatic amines is 1. The van der Waals surface area contributed by atoms with Gasteiger partial charge in [0.05, 0.1) is 34.0 Å². The highest BCUT2D eigenvalue weighted by atomic mass is 35.5. The van der Waals surface area contributed by atoms with E-state index in [2.05, 4.69) is 32.1 Å². The third-order valence-corrected chi connectivity index (χ3v) is 4.73. The van der Waals surface area contributed by atoms with Gasteiger partial charge in [0.2, 0.25) is 0 Å². The molecule has 0 amide bonds. The van der Waals surface area contributed by atoms with Gasteiger partial charge in [0.15, 0.2) is 0 Å². The van der Waals surface area contributed by atoms with Gasteiger partial charge in [0.25, 0.3) is 0 Å². The average molecular weight is 331 g/mol. The largest absolute Gasteiger partial charge is 0.384 e. The van der Waals surface area contributed by atoms with Gasteiger partial charge in [0, 0.05) is 24.5 Å². The van der Waals surface area contributed by atoms with E-state index in [1.165, 1.54) is 0 Å². The summed E-state index contributed by atoms with van der Waals surface area (Å²) in [6.07, 6.45) is 4.57. The lowest BCUT2D eigenvalue weighted by atomic mass is 10.2. The van der Waals surface area contributed by atoms with E-state index < -0.39 is 0 Å². The molecule has 0 bridgehead atoms. The molecule has 0 spiro atoms. The molecule has 0 aromatic carbocycles. The number of hydrogen-bond donors (Lipinski definition) is 3. The first-order valence-corrected chi connectivity index (χ1v) is 8.25. The summed E-state index contributed by atoms with van der Waals surface area (Å²) >= 11 is 6.52. The van der Waals surface area contributed by atoms with E-state index >= 15 is 0 Å². The van der Waals surface area contributed by atoms with Crippen LogP contribution in [-0.4, -0.2) is 40.6 Å². The fourth-order valence-electron chi connectivity index (χ4n) is 3.46. The van der Waals surface area contributed by atoms with Crippen LogP contribution < -0.4 is 16.0 Å². The maximum absolute atomic E-state index is 6.52. The molecule has 1 saturated heterocycles. The van der Waals surface area contributed by atoms with E-state index in [9.17, 15) is 0 Å². The van der Waals surface area contributed by atoms with Crippen molar-refractivity contribution < 1.29 is 0 Å². The number of likely N-dealkylation sites (N-methyl/N-ethyl adjacent to an activating group) is 1. The van der Waals surface area contributed by atoms with Crippen molar-refractivity contribution in [3.8, 4) is 0 Å². The molecule has 120 valence electrons. The summed E-state index contributed by atoms with van der Waals surface area (Å²) in [6.45, 7) is 5.03. The van der Waals surface area contributed by atoms with Crippen LogP contribution in [0.25, 0.3) is 21.9 Å². The number of nitrogens with one attached hydrogen (secondary N) is 2. The molecule has 3 aromatic rings. The van der Waals surface area contributed by atoms with Gasteiger partial charge in [-0.2, -0.15) is 0 Å². The highest BCUT2D eigenvalue weighted by molar-refractivity contribution is 6.35. The van der Waals surface area contributed by atoms with Gasteiger partial charge in [0.1, 0.15) is 11.5 Å². The molecule has 0 radical (unpaired) electrons. The highest BCUT2D eigenvalue weighted by Gasteiger charge is 2.26. The first kappa shape index (κ1) is 14.5. The molecule has 23 heavy (non-hydrogen) atoms. The Labute approximate surface area is 139 Å². The van der Waals surface area contributed by atoms with Crippen LogP contribution in [0, 0.1) is 0 Å². The molecule has 1 aliphatic rings. The zero-order valence-electron chi connectivity index (χ0n) is 12.9. The minimum atomic E-state index is 0.497. The number of hydrogen-bond acceptors (Lipinski definition) is 5. The second kappa shape index (κ2) is 5.54. The van der Waals surface area contributed by atoms with Gasteiger partial charge in [-0.05, 0) is 19.0 Å². The quantitative estimate of drug-likeness (QED) is 0.687. The lowest BCUT2D eigenvalue weighted by Crippen LogP contribution is -2.32. The van der Waals surface area contributed by atoms with E-state index in [0.29, 0.717) is 16.9 Å². The number of H-pyrrole nitrogens is 1. The van der Waals surface area contributed by atoms with Crippen molar-refractivity contribution in [2.45, 2.75) is 19.4 Å². The van der Waals surface area contributed by atoms with Gasteiger partial charge in [-0.25, -0.2) is 9.97 Å². The van der Waals surface area contributed by atoms with Crippen LogP contribution in [0.1, 0.15) is 13.3 Å². The van der Waals surface area contributed by atoms with Crippen LogP contribution in [0.3, 0.4) is 0 Å². The van der Waals surface area contributed by atoms with Crippen molar-refractivity contribution in [2.24, 2.45) is 0 Å². The van der Waals surface area contributed by atoms with Crippen molar-refractivity contribution in [2.75, 3.05) is 30.3 Å². The summed E-state index contributed by atoms with van der Waals surface area (Å²) < 4.78 is 0. The van der Waals surface area contributed by atoms with E-state index in [-0.39, 0.29) is 0 Å². The summed E-state index contributed by atoms with van der Waals surface area (Å²) in [7, 11) is 0. The summed E-state index contributed by atoms with van der Waals surface area (Å²) in [4.78, 5) is 14.2. The lowest BCUT2D eigenvalue weighted by molar-refractivity contribution is 0.572. The van der Waals surface area contributed by atoms with Crippen molar-refractivity contribution >= 4 is 45.0 Å². The molecule has 4 heterocycles. The Kier molecular flexibility index (Phi) is 3.50. The lowest BCUT2D eigenvalue weighted by Gasteiger charge is -2.21. The van der Waals surface area contributed by atoms with E-state index in [1.54, 1.807) is 12.4 Å². The van der Waals surface area contributed by atoms with Crippen LogP contribution in [0.5, 0.6) is 0 Å². The van der Waals surface area contributed by atoms with E-state index in [1.807, 2.05) is 6.07 Å². The van der Waals surface area contributed by atoms with Gasteiger partial charge >= 0.3 is 0 Å². The molecule has 1 aliphatic heterocycles. The van der Waals surface area contributed by atoms with Gasteiger partial charge in [-0.3, -0.25) is 0 Å². The Hall–Kier alpha value is -2.05. The second-order valence-electron chi connectivity index (χ2n) is 5.95. The fourth-order valence-corrected chi connectivity index (χ4v) is 3.72. The fraction of sp³-hybridized carbons (Fsp3) is 0.375. The van der Waals surface area contributed by atoms with Crippen LogP contribution in [0.2, 0.25) is 5.02 Å². The Balaban J connectivity index is 1.89. The third kappa shape index (κ3) is 2.38. The number of halogens is 1. The Morgan fingerprint density at radius 2 is 2.30 bits per heavy atom. The standard InChI is InChI=1S/C16H19ClN6/c1-2-19-9-3-4-23(8-9)15-11(17)6-21-16-14(15)10-5-13(18)20-7-12(10)22-16/h5-7,9,19H,2-4,8H2,1H3,(H2,18,20)(H,21,22)/t9-/m0/s1. The predicted molar refractivity (Wildman–Crippen MR) is 95.1 cm³/mol. The molecule has 4 rings (SSSR count). The van der Waals surface area contributed by atoms with Crippen LogP contribution in [0.15, 0.2) is 18.5 Å². The number of nitrogen functional groups attached to an aromatic ring is 1. The van der Waals surface area contributed by atoms with Gasteiger partial charge in [-0.1, -0.05) is 18.5 Å². The van der Waals surface area contributed by atoms with Crippen molar-refractivity contribution in [1.29, 1.82) is 0 Å². The minimum absolute atomic E-state index is 0.497. The van der Waals surface area contributed by atoms with Gasteiger partial charge in [-0.15, -0.1) is 0 Å². The molecule has 0 aliphatic carbocycles. The van der Waals surface area contributed by atoms with Crippen LogP contribution in [-0.2, 0) is 0 Å². The number of rotatable bonds is 3. The Bertz CT molecular complexity index is 874. The molecule has 1 atom stereocenters. The van der Waals surface area contributed by atoms with E-state index in [0.717, 1.165) is 53.7 Å². The second-order valence-corrected chi connectivity index (χ2v) is 6.35. The SMILES string of the molecule is CCN[C@H]1CCN(c2c(Cl)cnc3[nH]c4cnc(N)cc4c23)C1. The van der Waals surface area contributed by atoms with Crippen molar-refractivity contribution in [3.05, 3.63) is 23.5 Å². The smallest absolute Gasteiger partial charge is 0.140 e. The number of fused-ring (bicyclic) bond motifs is 3. The van der Waals surface area contributed by atoms with Crippen LogP contribution in [0.4, 0.5) is 11.5 Å². The zero-order valence-corrected chi connectivity index (χ0v) is 13.7. The third-order valence-electron chi connectivity index (χ3n) is 4.45. The molecule has 6 nitrogen and oxygen atoms in total. The Morgan fingerprint density at radius 1 is 1.43 bits per heavy atom. The van der Waals surface area contributed by atoms with Crippen molar-refractivity contribution in [1.82, 2.24) is 20.3 Å². The monoisotopic (exact) mass is 330 g/mol. The average Bonchev–Trinajstić information content (AvgIpc) is 3.12. The van der Waals surface area contributed by atoms with Crippen molar-refractivity contribution in [3.63, 3.8) is 0 Å². The molecule has 3 aromatic heterocycles. The minimum Gasteiger partial charge on any atom is -0.384 e. The molecule has 0 saturated carbocycles. The maximum atomic E-state index is 6.52. The van der Waals surface area contributed by atoms with Crippen LogP contribution >= 0.6 is 11.6 Å². The predicted octanol–water partition coefficient (Wildman–Crippen LogP) is 2.53. The summed E-state index contributed by atoms with van der Waals surface area (Å²) in [5, 5.41) is 6.23. The number of anilines is 2. The zero-order chi connectivity index (χ0) is 16.0. The first-order valence-electron chi connectivity index (χ1n) is 7.87. The summed E-state index contributed by atoms with van der Waals surface area (Å²) in [5.41, 5.74) is 8.65. The maximum Gasteiger partial charge on any atom is 0.140 e. The normalized spacial score (nSPS) is 18.3. The molecule has 0 unspecified atom stereocenters. The molecular weight excluding hydrogens is 312 g/mol. The summed E-state index contributed by atoms with van der Waals surface area (Å²) in [5.74, 6) is 0.497. The van der Waals surface area contributed by atoms with Gasteiger partial charge < -0.3 is 20.9 Å². The number of pyridine rings is 2. The van der Waals surface area contributed by atoms with E-state index in [4.69, 9.17) is 17.3 Å². The number of nitrogens with two attached hydrogens (primary N) is 1. The summed E-state index contributed by atoms with van der Waals surface area (Å²) in [6, 6.07) is 2.38. The highest BCUT2D eigenvalue weighted by Crippen LogP contribution is 2.39. The first-order chi connectivity index (χ1) is 11.2. The Morgan fingerprint density at radius 3 is 3.13 bits per heavy atom. The molecular formula is C16H19ClN6. The molecule has 7 heteroatoms. The number of aromatic nitrogens is 3. The number of nitrogens with zero attached hydrogens (tertiary/aromatic N) is 3. The molecule has 4 N–H and O–H groups in total. The topological polar surface area (TPSA) is 82.9 Å².